The lowest BCUT2D eigenvalue weighted by Gasteiger charge is -2.22. The smallest absolute Gasteiger partial charge is 0.260 e. The average molecular weight is 378 g/mol. The first-order valence-electron chi connectivity index (χ1n) is 8.84. The lowest BCUT2D eigenvalue weighted by atomic mass is 10.2. The molecule has 0 saturated carbocycles. The molecule has 1 amide bonds. The van der Waals surface area contributed by atoms with Crippen molar-refractivity contribution >= 4 is 5.91 Å². The molecule has 144 valence electrons. The van der Waals surface area contributed by atoms with Crippen LogP contribution in [0, 0.1) is 17.5 Å². The minimum absolute atomic E-state index is 0.141. The number of ether oxygens (including phenoxy) is 1. The summed E-state index contributed by atoms with van der Waals surface area (Å²) in [6.07, 6.45) is 0.803. The molecule has 1 aliphatic heterocycles. The fourth-order valence-corrected chi connectivity index (χ4v) is 3.05. The fourth-order valence-electron chi connectivity index (χ4n) is 3.05. The second-order valence-corrected chi connectivity index (χ2v) is 6.50. The maximum Gasteiger partial charge on any atom is 0.260 e. The third-order valence-corrected chi connectivity index (χ3v) is 4.51. The van der Waals surface area contributed by atoms with Crippen LogP contribution in [0.5, 0.6) is 5.75 Å². The first-order chi connectivity index (χ1) is 13.0. The van der Waals surface area contributed by atoms with Crippen molar-refractivity contribution in [1.82, 2.24) is 9.80 Å². The summed E-state index contributed by atoms with van der Waals surface area (Å²) in [6.45, 7) is 3.05. The molecule has 0 aliphatic carbocycles. The molecule has 0 spiro atoms. The average Bonchev–Trinajstić information content (AvgIpc) is 2.88. The maximum atomic E-state index is 13.6. The SMILES string of the molecule is O=C(COc1ccc(F)cc1F)N1CCCN(Cc2ccc(F)cc2)CC1. The number of nitrogens with zero attached hydrogens (tertiary/aromatic N) is 2. The Bertz CT molecular complexity index is 783. The number of hydrogen-bond acceptors (Lipinski definition) is 3. The van der Waals surface area contributed by atoms with Gasteiger partial charge in [-0.25, -0.2) is 13.2 Å². The van der Waals surface area contributed by atoms with Crippen LogP contribution in [0.1, 0.15) is 12.0 Å². The Labute approximate surface area is 156 Å². The summed E-state index contributed by atoms with van der Waals surface area (Å²) < 4.78 is 44.7. The molecule has 7 heteroatoms. The zero-order valence-electron chi connectivity index (χ0n) is 14.8. The van der Waals surface area contributed by atoms with E-state index in [1.807, 2.05) is 0 Å². The number of amides is 1. The molecular formula is C20H21F3N2O2. The van der Waals surface area contributed by atoms with Gasteiger partial charge in [-0.05, 0) is 36.2 Å². The number of hydrogen-bond donors (Lipinski definition) is 0. The molecule has 1 fully saturated rings. The first-order valence-corrected chi connectivity index (χ1v) is 8.84. The highest BCUT2D eigenvalue weighted by atomic mass is 19.1. The third-order valence-electron chi connectivity index (χ3n) is 4.51. The molecule has 1 saturated heterocycles. The van der Waals surface area contributed by atoms with Gasteiger partial charge < -0.3 is 9.64 Å². The van der Waals surface area contributed by atoms with Gasteiger partial charge in [-0.15, -0.1) is 0 Å². The number of carbonyl (C=O) groups excluding carboxylic acids is 1. The van der Waals surface area contributed by atoms with E-state index in [1.54, 1.807) is 17.0 Å². The standard InChI is InChI=1S/C20H21F3N2O2/c21-16-4-2-15(3-5-16)13-24-8-1-9-25(11-10-24)20(26)14-27-19-7-6-17(22)12-18(19)23/h2-7,12H,1,8-11,13-14H2. The van der Waals surface area contributed by atoms with E-state index in [4.69, 9.17) is 4.74 Å². The van der Waals surface area contributed by atoms with Crippen LogP contribution in [0.15, 0.2) is 42.5 Å². The molecule has 0 bridgehead atoms. The Hall–Kier alpha value is -2.54. The van der Waals surface area contributed by atoms with Crippen molar-refractivity contribution in [3.63, 3.8) is 0 Å². The van der Waals surface area contributed by atoms with E-state index in [9.17, 15) is 18.0 Å². The first kappa shape index (κ1) is 19.2. The van der Waals surface area contributed by atoms with Crippen molar-refractivity contribution in [2.75, 3.05) is 32.8 Å². The molecular weight excluding hydrogens is 357 g/mol. The summed E-state index contributed by atoms with van der Waals surface area (Å²) in [5, 5.41) is 0. The van der Waals surface area contributed by atoms with Crippen molar-refractivity contribution in [3.05, 3.63) is 65.5 Å². The fraction of sp³-hybridized carbons (Fsp3) is 0.350. The van der Waals surface area contributed by atoms with Gasteiger partial charge in [0, 0.05) is 38.8 Å². The summed E-state index contributed by atoms with van der Waals surface area (Å²) in [7, 11) is 0. The van der Waals surface area contributed by atoms with Crippen LogP contribution in [0.2, 0.25) is 0 Å². The lowest BCUT2D eigenvalue weighted by molar-refractivity contribution is -0.133. The van der Waals surface area contributed by atoms with Gasteiger partial charge in [-0.1, -0.05) is 12.1 Å². The van der Waals surface area contributed by atoms with E-state index in [-0.39, 0.29) is 24.1 Å². The van der Waals surface area contributed by atoms with Gasteiger partial charge in [0.1, 0.15) is 11.6 Å². The van der Waals surface area contributed by atoms with Crippen molar-refractivity contribution in [2.45, 2.75) is 13.0 Å². The molecule has 0 unspecified atom stereocenters. The molecule has 0 radical (unpaired) electrons. The van der Waals surface area contributed by atoms with Crippen LogP contribution in [-0.4, -0.2) is 48.5 Å². The lowest BCUT2D eigenvalue weighted by Crippen LogP contribution is -2.38. The molecule has 2 aromatic rings. The minimum Gasteiger partial charge on any atom is -0.481 e. The second-order valence-electron chi connectivity index (χ2n) is 6.50. The normalized spacial score (nSPS) is 15.4. The molecule has 4 nitrogen and oxygen atoms in total. The zero-order chi connectivity index (χ0) is 19.2. The predicted molar refractivity (Wildman–Crippen MR) is 94.7 cm³/mol. The van der Waals surface area contributed by atoms with Crippen LogP contribution < -0.4 is 4.74 Å². The second kappa shape index (κ2) is 8.90. The number of halogens is 3. The molecule has 1 heterocycles. The van der Waals surface area contributed by atoms with E-state index >= 15 is 0 Å². The van der Waals surface area contributed by atoms with Crippen molar-refractivity contribution in [1.29, 1.82) is 0 Å². The van der Waals surface area contributed by atoms with Gasteiger partial charge in [0.25, 0.3) is 5.91 Å². The van der Waals surface area contributed by atoms with Crippen LogP contribution >= 0.6 is 0 Å². The van der Waals surface area contributed by atoms with Crippen molar-refractivity contribution in [3.8, 4) is 5.75 Å². The number of rotatable bonds is 5. The summed E-state index contributed by atoms with van der Waals surface area (Å²) in [4.78, 5) is 16.2. The highest BCUT2D eigenvalue weighted by Gasteiger charge is 2.20. The highest BCUT2D eigenvalue weighted by molar-refractivity contribution is 5.77. The van der Waals surface area contributed by atoms with Gasteiger partial charge in [0.15, 0.2) is 18.2 Å². The van der Waals surface area contributed by atoms with E-state index in [0.29, 0.717) is 26.2 Å². The van der Waals surface area contributed by atoms with Crippen LogP contribution in [0.4, 0.5) is 13.2 Å². The van der Waals surface area contributed by atoms with Crippen LogP contribution in [0.25, 0.3) is 0 Å². The Morgan fingerprint density at radius 3 is 2.41 bits per heavy atom. The van der Waals surface area contributed by atoms with Gasteiger partial charge in [0.05, 0.1) is 0 Å². The van der Waals surface area contributed by atoms with E-state index in [0.717, 1.165) is 30.7 Å². The molecule has 2 aromatic carbocycles. The van der Waals surface area contributed by atoms with Crippen LogP contribution in [0.3, 0.4) is 0 Å². The van der Waals surface area contributed by atoms with Gasteiger partial charge in [0.2, 0.25) is 0 Å². The Balaban J connectivity index is 1.49. The molecule has 3 rings (SSSR count). The highest BCUT2D eigenvalue weighted by Crippen LogP contribution is 2.18. The summed E-state index contributed by atoms with van der Waals surface area (Å²) in [6, 6.07) is 9.37. The monoisotopic (exact) mass is 378 g/mol. The van der Waals surface area contributed by atoms with Crippen molar-refractivity contribution in [2.24, 2.45) is 0 Å². The molecule has 27 heavy (non-hydrogen) atoms. The summed E-state index contributed by atoms with van der Waals surface area (Å²) in [5.41, 5.74) is 1.02. The largest absolute Gasteiger partial charge is 0.481 e. The summed E-state index contributed by atoms with van der Waals surface area (Å²) in [5.74, 6) is -2.16. The van der Waals surface area contributed by atoms with E-state index in [1.165, 1.54) is 18.2 Å². The van der Waals surface area contributed by atoms with Gasteiger partial charge in [-0.3, -0.25) is 9.69 Å². The molecule has 1 aliphatic rings. The minimum atomic E-state index is -0.830. The van der Waals surface area contributed by atoms with Gasteiger partial charge >= 0.3 is 0 Å². The number of carbonyl (C=O) groups is 1. The Morgan fingerprint density at radius 1 is 0.926 bits per heavy atom. The van der Waals surface area contributed by atoms with E-state index in [2.05, 4.69) is 4.90 Å². The Morgan fingerprint density at radius 2 is 1.67 bits per heavy atom. The third kappa shape index (κ3) is 5.47. The zero-order valence-corrected chi connectivity index (χ0v) is 14.8. The van der Waals surface area contributed by atoms with Crippen molar-refractivity contribution < 1.29 is 22.7 Å². The van der Waals surface area contributed by atoms with Crippen LogP contribution in [-0.2, 0) is 11.3 Å². The molecule has 0 atom stereocenters. The summed E-state index contributed by atoms with van der Waals surface area (Å²) >= 11 is 0. The molecule has 0 aromatic heterocycles. The Kier molecular flexibility index (Phi) is 6.34. The molecule has 0 N–H and O–H groups in total. The quantitative estimate of drug-likeness (QED) is 0.801. The topological polar surface area (TPSA) is 32.8 Å². The number of benzene rings is 2. The van der Waals surface area contributed by atoms with E-state index < -0.39 is 11.6 Å². The maximum absolute atomic E-state index is 13.6. The van der Waals surface area contributed by atoms with Gasteiger partial charge in [-0.2, -0.15) is 0 Å². The predicted octanol–water partition coefficient (Wildman–Crippen LogP) is 3.22.